The summed E-state index contributed by atoms with van der Waals surface area (Å²) >= 11 is 7.52. The number of anilines is 2. The number of amides is 1. The zero-order valence-electron chi connectivity index (χ0n) is 19.5. The Morgan fingerprint density at radius 3 is 2.39 bits per heavy atom. The van der Waals surface area contributed by atoms with Crippen LogP contribution in [0.1, 0.15) is 16.7 Å². The van der Waals surface area contributed by atoms with Gasteiger partial charge in [0.1, 0.15) is 0 Å². The smallest absolute Gasteiger partial charge is 0.399 e. The van der Waals surface area contributed by atoms with Gasteiger partial charge < -0.3 is 19.9 Å². The van der Waals surface area contributed by atoms with Gasteiger partial charge in [-0.15, -0.1) is 12.6 Å². The molecule has 38 heavy (non-hydrogen) atoms. The first-order valence-electron chi connectivity index (χ1n) is 11.0. The van der Waals surface area contributed by atoms with Crippen LogP contribution in [0.25, 0.3) is 11.3 Å². The van der Waals surface area contributed by atoms with Gasteiger partial charge in [0.05, 0.1) is 19.2 Å². The van der Waals surface area contributed by atoms with Gasteiger partial charge in [0.2, 0.25) is 5.91 Å². The molecule has 0 bridgehead atoms. The molecule has 0 aliphatic rings. The van der Waals surface area contributed by atoms with Gasteiger partial charge in [-0.3, -0.25) is 14.3 Å². The molecule has 0 radical (unpaired) electrons. The van der Waals surface area contributed by atoms with Crippen LogP contribution < -0.4 is 10.6 Å². The summed E-state index contributed by atoms with van der Waals surface area (Å²) in [5.74, 6) is -0.0505. The van der Waals surface area contributed by atoms with Crippen molar-refractivity contribution in [3.8, 4) is 11.3 Å². The Morgan fingerprint density at radius 1 is 1.11 bits per heavy atom. The Kier molecular flexibility index (Phi) is 8.10. The number of para-hydroxylation sites is 1. The Morgan fingerprint density at radius 2 is 1.79 bits per heavy atom. The molecule has 0 atom stereocenters. The van der Waals surface area contributed by atoms with Crippen molar-refractivity contribution in [2.75, 3.05) is 4.90 Å². The number of oxazole rings is 1. The molecule has 0 unspecified atom stereocenters. The van der Waals surface area contributed by atoms with Crippen LogP contribution in [0.2, 0.25) is 0 Å². The second-order valence-electron chi connectivity index (χ2n) is 8.32. The molecule has 3 aromatic carbocycles. The fraction of sp³-hybridized carbons (Fsp3) is 0.120. The number of nitrogens with zero attached hydrogens (tertiary/aromatic N) is 2. The minimum Gasteiger partial charge on any atom is -0.423 e. The van der Waals surface area contributed by atoms with Crippen molar-refractivity contribution >= 4 is 53.8 Å². The van der Waals surface area contributed by atoms with Crippen molar-refractivity contribution in [1.29, 1.82) is 0 Å². The molecular weight excluding hydrogens is 603 g/mol. The van der Waals surface area contributed by atoms with Gasteiger partial charge in [-0.1, -0.05) is 52.3 Å². The molecule has 1 aromatic heterocycles. The average molecular weight is 624 g/mol. The molecule has 1 amide bonds. The molecule has 4 N–H and O–H groups in total. The maximum Gasteiger partial charge on any atom is 0.399 e. The molecule has 0 saturated carbocycles. The van der Waals surface area contributed by atoms with E-state index in [9.17, 15) is 18.1 Å². The number of carbonyl (C=O) groups excluding carboxylic acids is 1. The Hall–Kier alpha value is -3.02. The number of alkyl halides is 2. The maximum absolute atomic E-state index is 14.3. The van der Waals surface area contributed by atoms with E-state index >= 15 is 0 Å². The molecule has 4 aromatic rings. The Balaban J connectivity index is 1.68. The van der Waals surface area contributed by atoms with Crippen molar-refractivity contribution < 1.29 is 32.3 Å². The van der Waals surface area contributed by atoms with Crippen LogP contribution in [0, 0.1) is 0 Å². The molecule has 1 heterocycles. The van der Waals surface area contributed by atoms with E-state index in [1.807, 2.05) is 30.3 Å². The first-order chi connectivity index (χ1) is 17.9. The summed E-state index contributed by atoms with van der Waals surface area (Å²) in [6.07, 6.45) is 1.60. The van der Waals surface area contributed by atoms with Crippen molar-refractivity contribution in [2.45, 2.75) is 23.5 Å². The van der Waals surface area contributed by atoms with E-state index in [2.05, 4.69) is 33.5 Å². The Bertz CT molecular complexity index is 1530. The summed E-state index contributed by atoms with van der Waals surface area (Å²) < 4.78 is 45.8. The lowest BCUT2D eigenvalue weighted by molar-refractivity contribution is -0.117. The van der Waals surface area contributed by atoms with E-state index in [0.29, 0.717) is 33.0 Å². The van der Waals surface area contributed by atoms with E-state index in [0.717, 1.165) is 6.07 Å². The number of aromatic nitrogens is 1. The van der Waals surface area contributed by atoms with E-state index < -0.39 is 24.7 Å². The molecule has 0 saturated heterocycles. The second-order valence-corrected chi connectivity index (χ2v) is 11.3. The normalized spacial score (nSPS) is 11.9. The van der Waals surface area contributed by atoms with Gasteiger partial charge in [0.15, 0.2) is 5.76 Å². The average Bonchev–Trinajstić information content (AvgIpc) is 3.31. The summed E-state index contributed by atoms with van der Waals surface area (Å²) in [6.45, 7) is 0.135. The summed E-state index contributed by atoms with van der Waals surface area (Å²) in [6, 6.07) is 18.2. The summed E-state index contributed by atoms with van der Waals surface area (Å²) in [5.41, 5.74) is 2.68. The van der Waals surface area contributed by atoms with Gasteiger partial charge in [-0.25, -0.2) is 4.98 Å². The van der Waals surface area contributed by atoms with Crippen LogP contribution in [-0.4, -0.2) is 20.7 Å². The number of halogens is 3. The van der Waals surface area contributed by atoms with E-state index in [1.54, 1.807) is 23.1 Å². The van der Waals surface area contributed by atoms with Crippen molar-refractivity contribution in [1.82, 2.24) is 4.98 Å². The van der Waals surface area contributed by atoms with Crippen molar-refractivity contribution in [3.05, 3.63) is 94.1 Å². The number of hydrogen-bond acceptors (Lipinski definition) is 6. The summed E-state index contributed by atoms with van der Waals surface area (Å²) in [4.78, 5) is 36.1. The van der Waals surface area contributed by atoms with Crippen LogP contribution in [-0.2, 0) is 28.0 Å². The lowest BCUT2D eigenvalue weighted by Gasteiger charge is -2.23. The molecule has 0 aliphatic carbocycles. The molecule has 4 rings (SSSR count). The molecule has 0 aliphatic heterocycles. The Labute approximate surface area is 230 Å². The third-order valence-corrected chi connectivity index (χ3v) is 7.56. The predicted molar refractivity (Wildman–Crippen MR) is 144 cm³/mol. The zero-order valence-corrected chi connectivity index (χ0v) is 22.8. The van der Waals surface area contributed by atoms with Crippen LogP contribution in [0.3, 0.4) is 0 Å². The van der Waals surface area contributed by atoms with Crippen LogP contribution >= 0.6 is 36.2 Å². The number of hydrogen-bond donors (Lipinski definition) is 4. The van der Waals surface area contributed by atoms with E-state index in [1.165, 1.54) is 18.3 Å². The number of rotatable bonds is 9. The number of nitrogens with two attached hydrogens (primary N) is 1. The van der Waals surface area contributed by atoms with E-state index in [-0.39, 0.29) is 23.5 Å². The fourth-order valence-electron chi connectivity index (χ4n) is 3.73. The van der Waals surface area contributed by atoms with Crippen LogP contribution in [0.15, 0.2) is 86.7 Å². The van der Waals surface area contributed by atoms with Gasteiger partial charge in [0, 0.05) is 26.2 Å². The second kappa shape index (κ2) is 11.0. The largest absolute Gasteiger partial charge is 0.423 e. The van der Waals surface area contributed by atoms with Gasteiger partial charge in [0.25, 0.3) is 0 Å². The number of thiol groups is 1. The third-order valence-electron chi connectivity index (χ3n) is 5.56. The van der Waals surface area contributed by atoms with Gasteiger partial charge in [-0.05, 0) is 41.5 Å². The first kappa shape index (κ1) is 28.0. The molecule has 8 nitrogen and oxygen atoms in total. The van der Waals surface area contributed by atoms with Gasteiger partial charge in [-0.2, -0.15) is 8.78 Å². The number of carbonyl (C=O) groups is 1. The highest BCUT2D eigenvalue weighted by molar-refractivity contribution is 9.10. The minimum atomic E-state index is -5.72. The van der Waals surface area contributed by atoms with E-state index in [4.69, 9.17) is 19.9 Å². The lowest BCUT2D eigenvalue weighted by Crippen LogP contribution is -2.18. The number of primary amides is 1. The van der Waals surface area contributed by atoms with Crippen molar-refractivity contribution in [3.63, 3.8) is 0 Å². The quantitative estimate of drug-likeness (QED) is 0.133. The monoisotopic (exact) mass is 623 g/mol. The molecule has 198 valence electrons. The third kappa shape index (κ3) is 6.00. The highest BCUT2D eigenvalue weighted by Crippen LogP contribution is 2.60. The highest BCUT2D eigenvalue weighted by atomic mass is 79.9. The SMILES string of the molecule is NC(=O)Cc1ccc(-c2cnc(N(Cc3ccc(C(F)(F)P(=O)(O)O)c(Br)c3)c3ccccc3)o2)c(S)c1. The van der Waals surface area contributed by atoms with Gasteiger partial charge >= 0.3 is 19.3 Å². The summed E-state index contributed by atoms with van der Waals surface area (Å²) in [5, 5.41) is 0. The fourth-order valence-corrected chi connectivity index (χ4v) is 5.42. The summed E-state index contributed by atoms with van der Waals surface area (Å²) in [7, 11) is -5.72. The standard InChI is InChI=1S/C25H21BrF2N3O5PS/c26-20-10-16(7-9-19(20)25(27,28)37(33,34)35)14-31(17-4-2-1-3-5-17)24-30-13-21(36-24)18-8-6-15(11-22(18)38)12-23(29)32/h1-11,13,38H,12,14H2,(H2,29,32)(H2,33,34,35). The predicted octanol–water partition coefficient (Wildman–Crippen LogP) is 5.99. The molecule has 0 fully saturated rings. The maximum atomic E-state index is 14.3. The molecule has 0 spiro atoms. The first-order valence-corrected chi connectivity index (χ1v) is 13.8. The highest BCUT2D eigenvalue weighted by Gasteiger charge is 2.51. The topological polar surface area (TPSA) is 130 Å². The lowest BCUT2D eigenvalue weighted by atomic mass is 10.1. The molecule has 13 heteroatoms. The van der Waals surface area contributed by atoms with Crippen molar-refractivity contribution in [2.24, 2.45) is 5.73 Å². The van der Waals surface area contributed by atoms with Crippen LogP contribution in [0.5, 0.6) is 0 Å². The van der Waals surface area contributed by atoms with Crippen LogP contribution in [0.4, 0.5) is 20.5 Å². The number of benzene rings is 3. The minimum absolute atomic E-state index is 0.0751. The zero-order chi connectivity index (χ0) is 27.7. The molecular formula is C25H21BrF2N3O5PS.